The number of anilines is 1. The van der Waals surface area contributed by atoms with Gasteiger partial charge in [0.15, 0.2) is 0 Å². The number of hydrogen-bond acceptors (Lipinski definition) is 1. The molecule has 0 atom stereocenters. The highest BCUT2D eigenvalue weighted by Crippen LogP contribution is 2.45. The minimum Gasteiger partial charge on any atom is -0.384 e. The summed E-state index contributed by atoms with van der Waals surface area (Å²) in [6.07, 6.45) is 7.70. The molecule has 2 aliphatic rings. The van der Waals surface area contributed by atoms with Gasteiger partial charge in [-0.1, -0.05) is 25.7 Å². The summed E-state index contributed by atoms with van der Waals surface area (Å²) in [6, 6.07) is 5.20. The van der Waals surface area contributed by atoms with Gasteiger partial charge >= 0.3 is 0 Å². The molecule has 0 amide bonds. The van der Waals surface area contributed by atoms with Crippen molar-refractivity contribution in [2.45, 2.75) is 43.9 Å². The van der Waals surface area contributed by atoms with Gasteiger partial charge in [-0.2, -0.15) is 0 Å². The van der Waals surface area contributed by atoms with Crippen molar-refractivity contribution in [2.75, 3.05) is 11.9 Å². The summed E-state index contributed by atoms with van der Waals surface area (Å²) in [5.74, 6) is -0.0916. The number of hydrogen-bond donors (Lipinski definition) is 1. The van der Waals surface area contributed by atoms with E-state index in [4.69, 9.17) is 0 Å². The Balaban J connectivity index is 2.02. The Labute approximate surface area is 96.1 Å². The third-order valence-electron chi connectivity index (χ3n) is 4.23. The monoisotopic (exact) mass is 219 g/mol. The molecule has 1 heterocycles. The van der Waals surface area contributed by atoms with Crippen LogP contribution in [0.25, 0.3) is 0 Å². The standard InChI is InChI=1S/C14H18FN/c15-11-5-6-13-12(9-11)14(10-16-13)7-3-1-2-4-8-14/h5-6,9,16H,1-4,7-8,10H2. The molecule has 0 radical (unpaired) electrons. The zero-order chi connectivity index (χ0) is 11.0. The Hall–Kier alpha value is -1.05. The lowest BCUT2D eigenvalue weighted by atomic mass is 9.76. The van der Waals surface area contributed by atoms with Crippen LogP contribution in [0.3, 0.4) is 0 Å². The van der Waals surface area contributed by atoms with Crippen molar-refractivity contribution in [3.8, 4) is 0 Å². The molecule has 0 bridgehead atoms. The molecule has 0 saturated heterocycles. The van der Waals surface area contributed by atoms with Crippen molar-refractivity contribution in [3.05, 3.63) is 29.6 Å². The second-order valence-corrected chi connectivity index (χ2v) is 5.24. The summed E-state index contributed by atoms with van der Waals surface area (Å²) < 4.78 is 13.4. The van der Waals surface area contributed by atoms with Crippen LogP contribution in [0, 0.1) is 5.82 Å². The quantitative estimate of drug-likeness (QED) is 0.699. The largest absolute Gasteiger partial charge is 0.384 e. The van der Waals surface area contributed by atoms with Crippen LogP contribution in [-0.2, 0) is 5.41 Å². The Bertz CT molecular complexity index is 392. The SMILES string of the molecule is Fc1ccc2c(c1)C1(CCCCCC1)CN2. The summed E-state index contributed by atoms with van der Waals surface area (Å²) in [4.78, 5) is 0. The summed E-state index contributed by atoms with van der Waals surface area (Å²) in [7, 11) is 0. The van der Waals surface area contributed by atoms with Gasteiger partial charge < -0.3 is 5.32 Å². The average molecular weight is 219 g/mol. The lowest BCUT2D eigenvalue weighted by molar-refractivity contribution is 0.406. The van der Waals surface area contributed by atoms with Crippen molar-refractivity contribution >= 4 is 5.69 Å². The molecule has 3 rings (SSSR count). The lowest BCUT2D eigenvalue weighted by Crippen LogP contribution is -2.27. The number of fused-ring (bicyclic) bond motifs is 2. The molecular weight excluding hydrogens is 201 g/mol. The van der Waals surface area contributed by atoms with Crippen LogP contribution >= 0.6 is 0 Å². The van der Waals surface area contributed by atoms with Gasteiger partial charge in [0.05, 0.1) is 0 Å². The van der Waals surface area contributed by atoms with E-state index in [1.807, 2.05) is 6.07 Å². The molecule has 1 aromatic carbocycles. The zero-order valence-corrected chi connectivity index (χ0v) is 9.56. The maximum Gasteiger partial charge on any atom is 0.123 e. The number of rotatable bonds is 0. The fourth-order valence-corrected chi connectivity index (χ4v) is 3.32. The molecule has 86 valence electrons. The summed E-state index contributed by atoms with van der Waals surface area (Å²) in [5.41, 5.74) is 2.62. The van der Waals surface area contributed by atoms with Crippen LogP contribution in [0.4, 0.5) is 10.1 Å². The lowest BCUT2D eigenvalue weighted by Gasteiger charge is -2.27. The van der Waals surface area contributed by atoms with Crippen LogP contribution in [0.1, 0.15) is 44.1 Å². The second kappa shape index (κ2) is 3.76. The predicted molar refractivity (Wildman–Crippen MR) is 64.3 cm³/mol. The highest BCUT2D eigenvalue weighted by atomic mass is 19.1. The second-order valence-electron chi connectivity index (χ2n) is 5.24. The van der Waals surface area contributed by atoms with E-state index in [-0.39, 0.29) is 11.2 Å². The van der Waals surface area contributed by atoms with Gasteiger partial charge in [0, 0.05) is 17.6 Å². The number of benzene rings is 1. The van der Waals surface area contributed by atoms with E-state index in [0.29, 0.717) is 0 Å². The average Bonchev–Trinajstić information content (AvgIpc) is 2.49. The maximum absolute atomic E-state index is 13.4. The Morgan fingerprint density at radius 3 is 2.56 bits per heavy atom. The first-order valence-corrected chi connectivity index (χ1v) is 6.34. The van der Waals surface area contributed by atoms with E-state index in [1.54, 1.807) is 12.1 Å². The molecule has 1 fully saturated rings. The normalized spacial score (nSPS) is 22.6. The van der Waals surface area contributed by atoms with Crippen molar-refractivity contribution in [2.24, 2.45) is 0 Å². The van der Waals surface area contributed by atoms with E-state index in [1.165, 1.54) is 44.1 Å². The molecular formula is C14H18FN. The Kier molecular flexibility index (Phi) is 2.38. The molecule has 16 heavy (non-hydrogen) atoms. The van der Waals surface area contributed by atoms with E-state index in [0.717, 1.165) is 12.2 Å². The van der Waals surface area contributed by atoms with Gasteiger partial charge in [0.2, 0.25) is 0 Å². The molecule has 1 nitrogen and oxygen atoms in total. The first-order valence-electron chi connectivity index (χ1n) is 6.34. The van der Waals surface area contributed by atoms with Crippen LogP contribution < -0.4 is 5.32 Å². The molecule has 1 spiro atoms. The minimum atomic E-state index is -0.0916. The third kappa shape index (κ3) is 1.51. The van der Waals surface area contributed by atoms with Crippen molar-refractivity contribution < 1.29 is 4.39 Å². The van der Waals surface area contributed by atoms with Gasteiger partial charge in [-0.15, -0.1) is 0 Å². The van der Waals surface area contributed by atoms with Crippen molar-refractivity contribution in [3.63, 3.8) is 0 Å². The topological polar surface area (TPSA) is 12.0 Å². The van der Waals surface area contributed by atoms with E-state index >= 15 is 0 Å². The summed E-state index contributed by atoms with van der Waals surface area (Å²) >= 11 is 0. The van der Waals surface area contributed by atoms with Gasteiger partial charge in [-0.3, -0.25) is 0 Å². The Morgan fingerprint density at radius 1 is 1.06 bits per heavy atom. The first-order chi connectivity index (χ1) is 7.80. The number of nitrogens with one attached hydrogen (secondary N) is 1. The maximum atomic E-state index is 13.4. The third-order valence-corrected chi connectivity index (χ3v) is 4.23. The first kappa shape index (κ1) is 10.1. The molecule has 1 aliphatic heterocycles. The van der Waals surface area contributed by atoms with Crippen LogP contribution in [-0.4, -0.2) is 6.54 Å². The highest BCUT2D eigenvalue weighted by Gasteiger charge is 2.38. The zero-order valence-electron chi connectivity index (χ0n) is 9.56. The van der Waals surface area contributed by atoms with Gasteiger partial charge in [0.1, 0.15) is 5.82 Å². The predicted octanol–water partition coefficient (Wildman–Crippen LogP) is 3.84. The van der Waals surface area contributed by atoms with Crippen molar-refractivity contribution in [1.82, 2.24) is 0 Å². The van der Waals surface area contributed by atoms with Crippen LogP contribution in [0.5, 0.6) is 0 Å². The van der Waals surface area contributed by atoms with Crippen molar-refractivity contribution in [1.29, 1.82) is 0 Å². The van der Waals surface area contributed by atoms with E-state index in [9.17, 15) is 4.39 Å². The highest BCUT2D eigenvalue weighted by molar-refractivity contribution is 5.60. The molecule has 1 N–H and O–H groups in total. The van der Waals surface area contributed by atoms with Gasteiger partial charge in [0.25, 0.3) is 0 Å². The fourth-order valence-electron chi connectivity index (χ4n) is 3.32. The number of halogens is 1. The van der Waals surface area contributed by atoms with Crippen LogP contribution in [0.2, 0.25) is 0 Å². The smallest absolute Gasteiger partial charge is 0.123 e. The summed E-state index contributed by atoms with van der Waals surface area (Å²) in [5, 5.41) is 3.45. The molecule has 0 unspecified atom stereocenters. The molecule has 1 aromatic rings. The van der Waals surface area contributed by atoms with Crippen LogP contribution in [0.15, 0.2) is 18.2 Å². The van der Waals surface area contributed by atoms with E-state index in [2.05, 4.69) is 5.32 Å². The molecule has 0 aromatic heterocycles. The molecule has 1 saturated carbocycles. The summed E-state index contributed by atoms with van der Waals surface area (Å²) in [6.45, 7) is 1.01. The Morgan fingerprint density at radius 2 is 1.81 bits per heavy atom. The van der Waals surface area contributed by atoms with Gasteiger partial charge in [-0.25, -0.2) is 4.39 Å². The van der Waals surface area contributed by atoms with E-state index < -0.39 is 0 Å². The fraction of sp³-hybridized carbons (Fsp3) is 0.571. The molecule has 2 heteroatoms. The van der Waals surface area contributed by atoms with Gasteiger partial charge in [-0.05, 0) is 36.6 Å². The minimum absolute atomic E-state index is 0.0916. The molecule has 1 aliphatic carbocycles.